The summed E-state index contributed by atoms with van der Waals surface area (Å²) < 4.78 is 4.62. The Bertz CT molecular complexity index is 527. The monoisotopic (exact) mass is 293 g/mol. The Morgan fingerprint density at radius 3 is 2.62 bits per heavy atom. The van der Waals surface area contributed by atoms with Gasteiger partial charge in [0.1, 0.15) is 17.6 Å². The van der Waals surface area contributed by atoms with Crippen LogP contribution in [0.5, 0.6) is 5.75 Å². The van der Waals surface area contributed by atoms with Crippen LogP contribution in [-0.2, 0) is 14.3 Å². The van der Waals surface area contributed by atoms with Gasteiger partial charge in [-0.1, -0.05) is 13.0 Å². The topological polar surface area (TPSA) is 92.7 Å². The molecule has 0 aromatic heterocycles. The number of rotatable bonds is 7. The zero-order chi connectivity index (χ0) is 15.8. The van der Waals surface area contributed by atoms with Crippen LogP contribution < -0.4 is 5.32 Å². The molecule has 0 spiro atoms. The molecule has 1 aromatic rings. The number of nitrogens with one attached hydrogen (secondary N) is 1. The molecule has 0 aliphatic heterocycles. The quantitative estimate of drug-likeness (QED) is 0.742. The normalized spacial score (nSPS) is 11.5. The van der Waals surface area contributed by atoms with Crippen molar-refractivity contribution in [3.8, 4) is 5.75 Å². The Morgan fingerprint density at radius 2 is 2.05 bits per heavy atom. The number of ether oxygens (including phenoxy) is 1. The van der Waals surface area contributed by atoms with Gasteiger partial charge in [0.15, 0.2) is 0 Å². The van der Waals surface area contributed by atoms with E-state index in [-0.39, 0.29) is 29.9 Å². The summed E-state index contributed by atoms with van der Waals surface area (Å²) in [5, 5.41) is 11.9. The van der Waals surface area contributed by atoms with Gasteiger partial charge in [-0.2, -0.15) is 0 Å². The Labute approximate surface area is 123 Å². The first-order valence-electron chi connectivity index (χ1n) is 6.67. The molecule has 2 N–H and O–H groups in total. The van der Waals surface area contributed by atoms with Crippen LogP contribution in [0.15, 0.2) is 24.3 Å². The highest BCUT2D eigenvalue weighted by atomic mass is 16.5. The third-order valence-electron chi connectivity index (χ3n) is 3.01. The van der Waals surface area contributed by atoms with E-state index in [1.807, 2.05) is 0 Å². The minimum atomic E-state index is -0.889. The van der Waals surface area contributed by atoms with Gasteiger partial charge in [-0.25, -0.2) is 4.79 Å². The fourth-order valence-electron chi connectivity index (χ4n) is 1.76. The Balaban J connectivity index is 2.73. The van der Waals surface area contributed by atoms with Gasteiger partial charge in [-0.15, -0.1) is 0 Å². The molecule has 0 unspecified atom stereocenters. The van der Waals surface area contributed by atoms with Crippen molar-refractivity contribution in [1.82, 2.24) is 5.32 Å². The minimum absolute atomic E-state index is 0.00973. The molecule has 114 valence electrons. The van der Waals surface area contributed by atoms with Gasteiger partial charge in [0.25, 0.3) is 5.91 Å². The van der Waals surface area contributed by atoms with E-state index >= 15 is 0 Å². The summed E-state index contributed by atoms with van der Waals surface area (Å²) in [6.45, 7) is 1.74. The van der Waals surface area contributed by atoms with E-state index in [2.05, 4.69) is 10.1 Å². The highest BCUT2D eigenvalue weighted by Gasteiger charge is 2.22. The summed E-state index contributed by atoms with van der Waals surface area (Å²) in [4.78, 5) is 35.0. The molecule has 1 rings (SSSR count). The molecule has 6 heteroatoms. The lowest BCUT2D eigenvalue weighted by Gasteiger charge is -2.16. The van der Waals surface area contributed by atoms with Crippen LogP contribution in [0.2, 0.25) is 0 Å². The number of amides is 1. The molecule has 0 aliphatic rings. The maximum Gasteiger partial charge on any atom is 0.328 e. The molecule has 0 heterocycles. The van der Waals surface area contributed by atoms with Gasteiger partial charge >= 0.3 is 5.97 Å². The first-order chi connectivity index (χ1) is 9.97. The standard InChI is InChI=1S/C15H19NO5/c1-3-11(17)7-8-13(15(20)21-2)16-14(19)10-5-4-6-12(18)9-10/h4-6,9,13,18H,3,7-8H2,1-2H3,(H,16,19)/t13-/m1/s1. The number of hydrogen-bond acceptors (Lipinski definition) is 5. The lowest BCUT2D eigenvalue weighted by Crippen LogP contribution is -2.41. The maximum atomic E-state index is 12.0. The zero-order valence-electron chi connectivity index (χ0n) is 12.1. The van der Waals surface area contributed by atoms with Crippen molar-refractivity contribution in [2.75, 3.05) is 7.11 Å². The SMILES string of the molecule is CCC(=O)CC[C@@H](NC(=O)c1cccc(O)c1)C(=O)OC. The van der Waals surface area contributed by atoms with Crippen LogP contribution in [0.25, 0.3) is 0 Å². The number of phenolic OH excluding ortho intramolecular Hbond substituents is 1. The number of aromatic hydroxyl groups is 1. The average molecular weight is 293 g/mol. The number of phenols is 1. The van der Waals surface area contributed by atoms with E-state index in [1.54, 1.807) is 6.92 Å². The largest absolute Gasteiger partial charge is 0.508 e. The minimum Gasteiger partial charge on any atom is -0.508 e. The van der Waals surface area contributed by atoms with Gasteiger partial charge in [-0.05, 0) is 24.6 Å². The first-order valence-corrected chi connectivity index (χ1v) is 6.67. The maximum absolute atomic E-state index is 12.0. The number of hydrogen-bond donors (Lipinski definition) is 2. The summed E-state index contributed by atoms with van der Waals surface area (Å²) in [7, 11) is 1.22. The van der Waals surface area contributed by atoms with Crippen LogP contribution in [0.4, 0.5) is 0 Å². The van der Waals surface area contributed by atoms with Gasteiger partial charge in [0.05, 0.1) is 7.11 Å². The predicted octanol–water partition coefficient (Wildman–Crippen LogP) is 1.42. The van der Waals surface area contributed by atoms with Crippen LogP contribution in [-0.4, -0.2) is 35.9 Å². The number of carbonyl (C=O) groups excluding carboxylic acids is 3. The second-order valence-corrected chi connectivity index (χ2v) is 4.53. The summed E-state index contributed by atoms with van der Waals surface area (Å²) >= 11 is 0. The van der Waals surface area contributed by atoms with Crippen molar-refractivity contribution >= 4 is 17.7 Å². The van der Waals surface area contributed by atoms with E-state index < -0.39 is 17.9 Å². The smallest absolute Gasteiger partial charge is 0.328 e. The molecule has 0 aliphatic carbocycles. The first kappa shape index (κ1) is 16.7. The number of ketones is 1. The third kappa shape index (κ3) is 5.25. The van der Waals surface area contributed by atoms with E-state index in [1.165, 1.54) is 31.4 Å². The summed E-state index contributed by atoms with van der Waals surface area (Å²) in [5.74, 6) is -1.15. The van der Waals surface area contributed by atoms with Crippen LogP contribution in [0, 0.1) is 0 Å². The summed E-state index contributed by atoms with van der Waals surface area (Å²) in [6.07, 6.45) is 0.759. The number of Topliss-reactive ketones (excluding diaryl/α,β-unsaturated/α-hetero) is 1. The molecule has 1 atom stereocenters. The van der Waals surface area contributed by atoms with Crippen LogP contribution in [0.3, 0.4) is 0 Å². The Morgan fingerprint density at radius 1 is 1.33 bits per heavy atom. The van der Waals surface area contributed by atoms with Crippen molar-refractivity contribution in [1.29, 1.82) is 0 Å². The van der Waals surface area contributed by atoms with Gasteiger partial charge < -0.3 is 15.2 Å². The Kier molecular flexibility index (Phi) is 6.39. The van der Waals surface area contributed by atoms with E-state index in [4.69, 9.17) is 0 Å². The molecule has 1 amide bonds. The van der Waals surface area contributed by atoms with Gasteiger partial charge in [0.2, 0.25) is 0 Å². The lowest BCUT2D eigenvalue weighted by molar-refractivity contribution is -0.143. The van der Waals surface area contributed by atoms with E-state index in [9.17, 15) is 19.5 Å². The van der Waals surface area contributed by atoms with Crippen molar-refractivity contribution in [2.45, 2.75) is 32.2 Å². The Hall–Kier alpha value is -2.37. The fourth-order valence-corrected chi connectivity index (χ4v) is 1.76. The molecular formula is C15H19NO5. The van der Waals surface area contributed by atoms with E-state index in [0.717, 1.165) is 0 Å². The van der Waals surface area contributed by atoms with Gasteiger partial charge in [0, 0.05) is 18.4 Å². The molecule has 0 saturated heterocycles. The predicted molar refractivity (Wildman–Crippen MR) is 75.9 cm³/mol. The second-order valence-electron chi connectivity index (χ2n) is 4.53. The highest BCUT2D eigenvalue weighted by Crippen LogP contribution is 2.11. The highest BCUT2D eigenvalue weighted by molar-refractivity contribution is 5.97. The number of benzene rings is 1. The van der Waals surface area contributed by atoms with Crippen LogP contribution >= 0.6 is 0 Å². The molecule has 6 nitrogen and oxygen atoms in total. The van der Waals surface area contributed by atoms with Crippen molar-refractivity contribution in [3.63, 3.8) is 0 Å². The molecule has 0 saturated carbocycles. The van der Waals surface area contributed by atoms with Gasteiger partial charge in [-0.3, -0.25) is 9.59 Å². The molecule has 0 fully saturated rings. The number of carbonyl (C=O) groups is 3. The lowest BCUT2D eigenvalue weighted by atomic mass is 10.1. The second kappa shape index (κ2) is 8.04. The third-order valence-corrected chi connectivity index (χ3v) is 3.01. The van der Waals surface area contributed by atoms with Crippen molar-refractivity contribution < 1.29 is 24.2 Å². The molecule has 1 aromatic carbocycles. The van der Waals surface area contributed by atoms with Crippen LogP contribution in [0.1, 0.15) is 36.5 Å². The summed E-state index contributed by atoms with van der Waals surface area (Å²) in [5.41, 5.74) is 0.228. The average Bonchev–Trinajstić information content (AvgIpc) is 2.49. The zero-order valence-corrected chi connectivity index (χ0v) is 12.1. The van der Waals surface area contributed by atoms with E-state index in [0.29, 0.717) is 6.42 Å². The number of esters is 1. The van der Waals surface area contributed by atoms with Crippen molar-refractivity contribution in [2.24, 2.45) is 0 Å². The molecule has 0 bridgehead atoms. The van der Waals surface area contributed by atoms with Crippen molar-refractivity contribution in [3.05, 3.63) is 29.8 Å². The summed E-state index contributed by atoms with van der Waals surface area (Å²) in [6, 6.07) is 4.88. The fraction of sp³-hybridized carbons (Fsp3) is 0.400. The molecular weight excluding hydrogens is 274 g/mol. The molecule has 0 radical (unpaired) electrons. The number of methoxy groups -OCH3 is 1. The molecule has 21 heavy (non-hydrogen) atoms.